The molecule has 0 spiro atoms. The number of aliphatic hydroxyl groups is 1. The molecule has 1 aromatic rings. The molecular formula is C16H25N3O2. The van der Waals surface area contributed by atoms with Crippen LogP contribution in [0.3, 0.4) is 0 Å². The van der Waals surface area contributed by atoms with Crippen LogP contribution in [0.5, 0.6) is 0 Å². The second kappa shape index (κ2) is 5.64. The normalized spacial score (nSPS) is 21.8. The minimum Gasteiger partial charge on any atom is -0.393 e. The van der Waals surface area contributed by atoms with E-state index in [1.165, 1.54) is 0 Å². The van der Waals surface area contributed by atoms with Gasteiger partial charge in [0.2, 0.25) is 0 Å². The van der Waals surface area contributed by atoms with Gasteiger partial charge < -0.3 is 15.7 Å². The molecule has 1 heterocycles. The lowest BCUT2D eigenvalue weighted by atomic mass is 9.82. The van der Waals surface area contributed by atoms with Crippen LogP contribution in [0.1, 0.15) is 49.7 Å². The highest BCUT2D eigenvalue weighted by atomic mass is 16.3. The number of rotatable bonds is 3. The molecule has 0 unspecified atom stereocenters. The molecule has 3 N–H and O–H groups in total. The van der Waals surface area contributed by atoms with Gasteiger partial charge in [0.15, 0.2) is 0 Å². The third-order valence-electron chi connectivity index (χ3n) is 3.95. The first-order valence-electron chi connectivity index (χ1n) is 7.38. The second-order valence-corrected chi connectivity index (χ2v) is 7.09. The monoisotopic (exact) mass is 291 g/mol. The summed E-state index contributed by atoms with van der Waals surface area (Å²) < 4.78 is 0. The van der Waals surface area contributed by atoms with Crippen molar-refractivity contribution < 1.29 is 9.90 Å². The maximum absolute atomic E-state index is 12.5. The summed E-state index contributed by atoms with van der Waals surface area (Å²) >= 11 is 0. The number of nitrogen functional groups attached to an aromatic ring is 1. The second-order valence-electron chi connectivity index (χ2n) is 7.09. The summed E-state index contributed by atoms with van der Waals surface area (Å²) in [6.45, 7) is 6.80. The number of aliphatic hydroxyl groups excluding tert-OH is 1. The van der Waals surface area contributed by atoms with E-state index in [1.54, 1.807) is 18.0 Å². The first-order chi connectivity index (χ1) is 9.66. The molecule has 1 fully saturated rings. The largest absolute Gasteiger partial charge is 0.393 e. The predicted octanol–water partition coefficient (Wildman–Crippen LogP) is 1.80. The highest BCUT2D eigenvalue weighted by Gasteiger charge is 2.29. The zero-order valence-corrected chi connectivity index (χ0v) is 13.3. The van der Waals surface area contributed by atoms with E-state index < -0.39 is 0 Å². The highest BCUT2D eigenvalue weighted by molar-refractivity contribution is 5.94. The number of aromatic nitrogens is 1. The number of carbonyl (C=O) groups is 1. The van der Waals surface area contributed by atoms with Crippen molar-refractivity contribution in [3.8, 4) is 0 Å². The van der Waals surface area contributed by atoms with Gasteiger partial charge in [-0.25, -0.2) is 4.98 Å². The lowest BCUT2D eigenvalue weighted by Crippen LogP contribution is -2.39. The minimum atomic E-state index is -0.192. The van der Waals surface area contributed by atoms with Crippen molar-refractivity contribution in [3.05, 3.63) is 23.4 Å². The zero-order valence-electron chi connectivity index (χ0n) is 13.3. The van der Waals surface area contributed by atoms with Gasteiger partial charge in [0.25, 0.3) is 5.91 Å². The standard InChI is InChI=1S/C16H25N3O2/c1-16(2,3)13-7-11(8-14(17)18-13)15(21)19(4)9-10-5-12(20)6-10/h7-8,10,12,20H,5-6,9H2,1-4H3,(H2,17,18). The van der Waals surface area contributed by atoms with Gasteiger partial charge >= 0.3 is 0 Å². The number of carbonyl (C=O) groups excluding carboxylic acids is 1. The van der Waals surface area contributed by atoms with Crippen LogP contribution in [0, 0.1) is 5.92 Å². The summed E-state index contributed by atoms with van der Waals surface area (Å²) in [5, 5.41) is 9.32. The molecule has 1 saturated carbocycles. The maximum atomic E-state index is 12.5. The predicted molar refractivity (Wildman–Crippen MR) is 83.0 cm³/mol. The van der Waals surface area contributed by atoms with Gasteiger partial charge in [0, 0.05) is 30.3 Å². The first-order valence-corrected chi connectivity index (χ1v) is 7.38. The summed E-state index contributed by atoms with van der Waals surface area (Å²) in [5.74, 6) is 0.726. The van der Waals surface area contributed by atoms with Crippen molar-refractivity contribution >= 4 is 11.7 Å². The minimum absolute atomic E-state index is 0.0454. The van der Waals surface area contributed by atoms with Crippen molar-refractivity contribution in [1.29, 1.82) is 0 Å². The highest BCUT2D eigenvalue weighted by Crippen LogP contribution is 2.28. The molecule has 0 atom stereocenters. The number of anilines is 1. The molecule has 0 bridgehead atoms. The molecule has 5 heteroatoms. The van der Waals surface area contributed by atoms with Crippen molar-refractivity contribution in [3.63, 3.8) is 0 Å². The van der Waals surface area contributed by atoms with E-state index in [0.29, 0.717) is 23.8 Å². The Labute approximate surface area is 126 Å². The van der Waals surface area contributed by atoms with Gasteiger partial charge in [-0.15, -0.1) is 0 Å². The molecule has 1 aliphatic carbocycles. The van der Waals surface area contributed by atoms with E-state index in [-0.39, 0.29) is 17.4 Å². The molecule has 2 rings (SSSR count). The Morgan fingerprint density at radius 1 is 1.43 bits per heavy atom. The van der Waals surface area contributed by atoms with E-state index in [2.05, 4.69) is 4.98 Å². The summed E-state index contributed by atoms with van der Waals surface area (Å²) in [6.07, 6.45) is 1.37. The summed E-state index contributed by atoms with van der Waals surface area (Å²) in [6, 6.07) is 3.45. The Morgan fingerprint density at radius 2 is 2.05 bits per heavy atom. The van der Waals surface area contributed by atoms with Crippen LogP contribution in [-0.4, -0.2) is 40.6 Å². The maximum Gasteiger partial charge on any atom is 0.253 e. The number of pyridine rings is 1. The van der Waals surface area contributed by atoms with Gasteiger partial charge in [-0.3, -0.25) is 4.79 Å². The van der Waals surface area contributed by atoms with E-state index in [4.69, 9.17) is 5.73 Å². The number of hydrogen-bond donors (Lipinski definition) is 2. The molecule has 1 aliphatic rings. The van der Waals surface area contributed by atoms with E-state index >= 15 is 0 Å². The van der Waals surface area contributed by atoms with Crippen LogP contribution in [0.15, 0.2) is 12.1 Å². The van der Waals surface area contributed by atoms with Gasteiger partial charge in [-0.1, -0.05) is 20.8 Å². The molecule has 1 aromatic heterocycles. The Morgan fingerprint density at radius 3 is 2.57 bits per heavy atom. The summed E-state index contributed by atoms with van der Waals surface area (Å²) in [7, 11) is 1.79. The van der Waals surface area contributed by atoms with Crippen molar-refractivity contribution in [2.75, 3.05) is 19.3 Å². The van der Waals surface area contributed by atoms with E-state index in [1.807, 2.05) is 26.8 Å². The van der Waals surface area contributed by atoms with Gasteiger partial charge in [0.05, 0.1) is 6.10 Å². The summed E-state index contributed by atoms with van der Waals surface area (Å²) in [5.41, 5.74) is 7.08. The van der Waals surface area contributed by atoms with Gasteiger partial charge in [-0.2, -0.15) is 0 Å². The van der Waals surface area contributed by atoms with Gasteiger partial charge in [-0.05, 0) is 30.9 Å². The van der Waals surface area contributed by atoms with Crippen LogP contribution in [-0.2, 0) is 5.41 Å². The van der Waals surface area contributed by atoms with Crippen molar-refractivity contribution in [2.24, 2.45) is 5.92 Å². The Hall–Kier alpha value is -1.62. The number of nitrogens with two attached hydrogens (primary N) is 1. The fraction of sp³-hybridized carbons (Fsp3) is 0.625. The van der Waals surface area contributed by atoms with Crippen molar-refractivity contribution in [1.82, 2.24) is 9.88 Å². The molecule has 1 amide bonds. The third kappa shape index (κ3) is 3.73. The fourth-order valence-electron chi connectivity index (χ4n) is 2.60. The molecule has 0 saturated heterocycles. The van der Waals surface area contributed by atoms with Crippen LogP contribution in [0.4, 0.5) is 5.82 Å². The number of amides is 1. The molecular weight excluding hydrogens is 266 g/mol. The van der Waals surface area contributed by atoms with Crippen molar-refractivity contribution in [2.45, 2.75) is 45.1 Å². The topological polar surface area (TPSA) is 79.5 Å². The lowest BCUT2D eigenvalue weighted by molar-refractivity contribution is 0.0265. The molecule has 0 aromatic carbocycles. The quantitative estimate of drug-likeness (QED) is 0.890. The van der Waals surface area contributed by atoms with Crippen LogP contribution in [0.2, 0.25) is 0 Å². The molecule has 21 heavy (non-hydrogen) atoms. The fourth-order valence-corrected chi connectivity index (χ4v) is 2.60. The average molecular weight is 291 g/mol. The smallest absolute Gasteiger partial charge is 0.253 e. The van der Waals surface area contributed by atoms with Crippen LogP contribution < -0.4 is 5.73 Å². The average Bonchev–Trinajstić information content (AvgIpc) is 2.34. The third-order valence-corrected chi connectivity index (χ3v) is 3.95. The molecule has 116 valence electrons. The van der Waals surface area contributed by atoms with E-state index in [0.717, 1.165) is 18.5 Å². The van der Waals surface area contributed by atoms with E-state index in [9.17, 15) is 9.90 Å². The SMILES string of the molecule is CN(CC1CC(O)C1)C(=O)c1cc(N)nc(C(C)(C)C)c1. The number of nitrogens with zero attached hydrogens (tertiary/aromatic N) is 2. The van der Waals surface area contributed by atoms with Gasteiger partial charge in [0.1, 0.15) is 5.82 Å². The first kappa shape index (κ1) is 15.8. The Bertz CT molecular complexity index is 531. The zero-order chi connectivity index (χ0) is 15.8. The Kier molecular flexibility index (Phi) is 4.23. The molecule has 0 radical (unpaired) electrons. The molecule has 5 nitrogen and oxygen atoms in total. The van der Waals surface area contributed by atoms with Crippen LogP contribution >= 0.6 is 0 Å². The summed E-state index contributed by atoms with van der Waals surface area (Å²) in [4.78, 5) is 18.5. The Balaban J connectivity index is 2.13. The van der Waals surface area contributed by atoms with Crippen LogP contribution in [0.25, 0.3) is 0 Å². The lowest BCUT2D eigenvalue weighted by Gasteiger charge is -2.34. The molecule has 0 aliphatic heterocycles. The number of hydrogen-bond acceptors (Lipinski definition) is 4.